The standard InChI is InChI=1S/C35H38Cl2N8O4.ClH/c1-3-25(2)45-34(46)44(24-40-45)29-7-5-27(6-8-29)41-14-16-42(17-15-41)28-9-11-30(12-10-28)47-19-31-20-48-35(49-31,21-43-23-38-22-39-43)32-13-4-26(36)18-33(32)37;/h4-13,18,22-25,31H,3,14-17,19-21H2,1-2H3;1H/t25?,31-,35+;/m0./s1. The van der Waals surface area contributed by atoms with E-state index in [9.17, 15) is 4.79 Å². The molecular weight excluding hydrogens is 703 g/mol. The number of hydrogen-bond acceptors (Lipinski definition) is 9. The number of hydrogen-bond donors (Lipinski definition) is 0. The van der Waals surface area contributed by atoms with Crippen molar-refractivity contribution in [3.8, 4) is 11.4 Å². The van der Waals surface area contributed by atoms with Crippen LogP contribution in [0.1, 0.15) is 31.9 Å². The molecule has 5 aromatic rings. The second-order valence-corrected chi connectivity index (χ2v) is 13.1. The fourth-order valence-electron chi connectivity index (χ4n) is 6.24. The second kappa shape index (κ2) is 15.4. The number of aromatic nitrogens is 6. The van der Waals surface area contributed by atoms with Gasteiger partial charge in [0.15, 0.2) is 0 Å². The molecule has 2 saturated heterocycles. The van der Waals surface area contributed by atoms with Gasteiger partial charge in [0.25, 0.3) is 0 Å². The fraction of sp³-hybridized carbons (Fsp3) is 0.371. The van der Waals surface area contributed by atoms with Crippen LogP contribution in [0.25, 0.3) is 5.69 Å². The van der Waals surface area contributed by atoms with E-state index in [4.69, 9.17) is 37.4 Å². The van der Waals surface area contributed by atoms with Gasteiger partial charge in [0.05, 0.1) is 23.4 Å². The van der Waals surface area contributed by atoms with Crippen molar-refractivity contribution in [3.05, 3.63) is 112 Å². The molecule has 0 N–H and O–H groups in total. The first-order chi connectivity index (χ1) is 23.8. The van der Waals surface area contributed by atoms with E-state index in [0.717, 1.165) is 55.4 Å². The van der Waals surface area contributed by atoms with Crippen molar-refractivity contribution >= 4 is 47.0 Å². The summed E-state index contributed by atoms with van der Waals surface area (Å²) in [6, 6.07) is 21.6. The van der Waals surface area contributed by atoms with Crippen LogP contribution < -0.4 is 20.2 Å². The Morgan fingerprint density at radius 2 is 1.58 bits per heavy atom. The zero-order valence-corrected chi connectivity index (χ0v) is 30.1. The molecule has 2 aliphatic rings. The number of benzene rings is 3. The number of halogens is 3. The van der Waals surface area contributed by atoms with Gasteiger partial charge in [0.2, 0.25) is 5.79 Å². The first kappa shape index (κ1) is 35.7. The minimum atomic E-state index is -1.16. The topological polar surface area (TPSA) is 105 Å². The van der Waals surface area contributed by atoms with Crippen molar-refractivity contribution in [2.24, 2.45) is 0 Å². The second-order valence-electron chi connectivity index (χ2n) is 12.3. The molecule has 2 aromatic heterocycles. The summed E-state index contributed by atoms with van der Waals surface area (Å²) in [6.45, 7) is 8.48. The largest absolute Gasteiger partial charge is 0.491 e. The summed E-state index contributed by atoms with van der Waals surface area (Å²) in [5, 5.41) is 9.50. The third kappa shape index (κ3) is 7.50. The van der Waals surface area contributed by atoms with Gasteiger partial charge in [-0.2, -0.15) is 10.2 Å². The van der Waals surface area contributed by atoms with Crippen LogP contribution in [0.4, 0.5) is 11.4 Å². The normalized spacial score (nSPS) is 19.7. The number of nitrogens with zero attached hydrogens (tertiary/aromatic N) is 8. The average molecular weight is 742 g/mol. The Morgan fingerprint density at radius 1 is 0.920 bits per heavy atom. The summed E-state index contributed by atoms with van der Waals surface area (Å²) >= 11 is 12.7. The van der Waals surface area contributed by atoms with E-state index in [1.807, 2.05) is 44.2 Å². The Hall–Kier alpha value is -4.07. The molecule has 2 aliphatic heterocycles. The maximum Gasteiger partial charge on any atom is 0.350 e. The van der Waals surface area contributed by atoms with Gasteiger partial charge in [0, 0.05) is 48.1 Å². The monoisotopic (exact) mass is 740 g/mol. The molecule has 0 radical (unpaired) electrons. The van der Waals surface area contributed by atoms with E-state index in [2.05, 4.69) is 49.2 Å². The third-order valence-electron chi connectivity index (χ3n) is 9.15. The molecule has 0 aliphatic carbocycles. The molecule has 15 heteroatoms. The van der Waals surface area contributed by atoms with Crippen LogP contribution in [0, 0.1) is 0 Å². The zero-order valence-electron chi connectivity index (χ0n) is 27.8. The maximum absolute atomic E-state index is 12.8. The van der Waals surface area contributed by atoms with Crippen molar-refractivity contribution in [2.75, 3.05) is 49.2 Å². The zero-order chi connectivity index (χ0) is 34.0. The smallest absolute Gasteiger partial charge is 0.350 e. The molecule has 3 aromatic carbocycles. The first-order valence-electron chi connectivity index (χ1n) is 16.4. The lowest BCUT2D eigenvalue weighted by Crippen LogP contribution is -2.46. The van der Waals surface area contributed by atoms with Crippen molar-refractivity contribution in [3.63, 3.8) is 0 Å². The van der Waals surface area contributed by atoms with Crippen LogP contribution in [-0.4, -0.2) is 74.6 Å². The lowest BCUT2D eigenvalue weighted by Gasteiger charge is -2.37. The van der Waals surface area contributed by atoms with Gasteiger partial charge in [0.1, 0.15) is 44.0 Å². The lowest BCUT2D eigenvalue weighted by molar-refractivity contribution is -0.190. The molecule has 0 saturated carbocycles. The van der Waals surface area contributed by atoms with Crippen LogP contribution in [0.3, 0.4) is 0 Å². The molecule has 2 fully saturated rings. The van der Waals surface area contributed by atoms with Gasteiger partial charge in [-0.15, -0.1) is 12.4 Å². The van der Waals surface area contributed by atoms with Gasteiger partial charge >= 0.3 is 5.69 Å². The summed E-state index contributed by atoms with van der Waals surface area (Å²) in [5.74, 6) is -0.410. The van der Waals surface area contributed by atoms with Crippen molar-refractivity contribution in [2.45, 2.75) is 44.7 Å². The van der Waals surface area contributed by atoms with Crippen LogP contribution in [0.15, 0.2) is 90.5 Å². The fourth-order valence-corrected chi connectivity index (χ4v) is 6.79. The van der Waals surface area contributed by atoms with Gasteiger partial charge < -0.3 is 24.0 Å². The van der Waals surface area contributed by atoms with Crippen LogP contribution in [0.5, 0.6) is 5.75 Å². The highest BCUT2D eigenvalue weighted by Gasteiger charge is 2.45. The highest BCUT2D eigenvalue weighted by atomic mass is 35.5. The van der Waals surface area contributed by atoms with Crippen molar-refractivity contribution in [1.82, 2.24) is 29.1 Å². The van der Waals surface area contributed by atoms with Crippen molar-refractivity contribution in [1.29, 1.82) is 0 Å². The maximum atomic E-state index is 12.8. The number of piperazine rings is 1. The number of anilines is 2. The first-order valence-corrected chi connectivity index (χ1v) is 17.2. The van der Waals surface area contributed by atoms with Crippen LogP contribution in [0.2, 0.25) is 10.0 Å². The molecule has 0 amide bonds. The Kier molecular flexibility index (Phi) is 11.0. The predicted octanol–water partition coefficient (Wildman–Crippen LogP) is 6.00. The van der Waals surface area contributed by atoms with E-state index in [-0.39, 0.29) is 36.8 Å². The van der Waals surface area contributed by atoms with Gasteiger partial charge in [-0.25, -0.2) is 23.7 Å². The minimum absolute atomic E-state index is 0. The Bertz CT molecular complexity index is 1910. The van der Waals surface area contributed by atoms with Crippen LogP contribution >= 0.6 is 35.6 Å². The van der Waals surface area contributed by atoms with E-state index < -0.39 is 5.79 Å². The highest BCUT2D eigenvalue weighted by molar-refractivity contribution is 6.35. The molecule has 7 rings (SSSR count). The van der Waals surface area contributed by atoms with E-state index in [1.165, 1.54) is 11.0 Å². The molecule has 1 unspecified atom stereocenters. The molecule has 264 valence electrons. The van der Waals surface area contributed by atoms with E-state index >= 15 is 0 Å². The van der Waals surface area contributed by atoms with Gasteiger partial charge in [-0.3, -0.25) is 0 Å². The Labute approximate surface area is 306 Å². The molecular formula is C35H39Cl3N8O4. The Balaban J connectivity index is 0.00000432. The molecule has 3 atom stereocenters. The Morgan fingerprint density at radius 3 is 2.20 bits per heavy atom. The summed E-state index contributed by atoms with van der Waals surface area (Å²) in [6.07, 6.45) is 5.19. The van der Waals surface area contributed by atoms with Gasteiger partial charge in [-0.1, -0.05) is 36.2 Å². The third-order valence-corrected chi connectivity index (χ3v) is 9.70. The van der Waals surface area contributed by atoms with Crippen molar-refractivity contribution < 1.29 is 14.2 Å². The van der Waals surface area contributed by atoms with Gasteiger partial charge in [-0.05, 0) is 74.0 Å². The lowest BCUT2D eigenvalue weighted by atomic mass is 10.1. The highest BCUT2D eigenvalue weighted by Crippen LogP contribution is 2.40. The SMILES string of the molecule is CCC(C)n1ncn(-c2ccc(N3CCN(c4ccc(OC[C@H]5CO[C@@](Cn6cncn6)(c6ccc(Cl)cc6Cl)O5)cc4)CC3)cc2)c1=O.Cl. The molecule has 4 heterocycles. The quantitative estimate of drug-likeness (QED) is 0.161. The summed E-state index contributed by atoms with van der Waals surface area (Å²) in [4.78, 5) is 21.6. The predicted molar refractivity (Wildman–Crippen MR) is 195 cm³/mol. The number of rotatable bonds is 11. The summed E-state index contributed by atoms with van der Waals surface area (Å²) < 4.78 is 23.7. The molecule has 0 bridgehead atoms. The van der Waals surface area contributed by atoms with Crippen LogP contribution in [-0.2, 0) is 21.8 Å². The molecule has 12 nitrogen and oxygen atoms in total. The van der Waals surface area contributed by atoms with E-state index in [1.54, 1.807) is 34.0 Å². The number of ether oxygens (including phenoxy) is 3. The molecule has 0 spiro atoms. The molecule has 50 heavy (non-hydrogen) atoms. The van der Waals surface area contributed by atoms with E-state index in [0.29, 0.717) is 28.8 Å². The summed E-state index contributed by atoms with van der Waals surface area (Å²) in [5.41, 5.74) is 3.64. The average Bonchev–Trinajstić information content (AvgIpc) is 3.88. The summed E-state index contributed by atoms with van der Waals surface area (Å²) in [7, 11) is 0. The minimum Gasteiger partial charge on any atom is -0.491 e.